The van der Waals surface area contributed by atoms with Crippen LogP contribution in [0.4, 0.5) is 0 Å². The highest BCUT2D eigenvalue weighted by Gasteiger charge is 2.18. The van der Waals surface area contributed by atoms with Crippen LogP contribution in [0.1, 0.15) is 328 Å². The van der Waals surface area contributed by atoms with Gasteiger partial charge >= 0.3 is 5.97 Å². The number of carbonyl (C=O) groups excluding carboxylic acids is 2. The molecule has 0 heterocycles. The number of hydrogen-bond donors (Lipinski definition) is 3. The molecule has 0 aliphatic rings. The van der Waals surface area contributed by atoms with E-state index in [2.05, 4.69) is 43.5 Å². The molecule has 0 fully saturated rings. The van der Waals surface area contributed by atoms with Gasteiger partial charge in [-0.2, -0.15) is 0 Å². The van der Waals surface area contributed by atoms with Gasteiger partial charge in [0.2, 0.25) is 5.91 Å². The van der Waals surface area contributed by atoms with Gasteiger partial charge in [0.15, 0.2) is 0 Å². The lowest BCUT2D eigenvalue weighted by Gasteiger charge is -2.20. The first-order chi connectivity index (χ1) is 34.0. The molecule has 0 rings (SSSR count). The highest BCUT2D eigenvalue weighted by molar-refractivity contribution is 5.76. The summed E-state index contributed by atoms with van der Waals surface area (Å²) in [6.45, 7) is 4.87. The molecule has 6 heteroatoms. The minimum atomic E-state index is -0.846. The summed E-state index contributed by atoms with van der Waals surface area (Å²) in [4.78, 5) is 24.5. The van der Waals surface area contributed by atoms with Crippen molar-refractivity contribution in [3.8, 4) is 0 Å². The van der Waals surface area contributed by atoms with Crippen molar-refractivity contribution in [1.29, 1.82) is 0 Å². The van der Waals surface area contributed by atoms with E-state index in [0.29, 0.717) is 19.4 Å². The molecule has 0 radical (unpaired) electrons. The average molecular weight is 971 g/mol. The Hall–Kier alpha value is -1.92. The zero-order valence-corrected chi connectivity index (χ0v) is 46.3. The quantitative estimate of drug-likeness (QED) is 0.0321. The first-order valence-corrected chi connectivity index (χ1v) is 30.8. The zero-order chi connectivity index (χ0) is 50.0. The normalized spacial score (nSPS) is 12.8. The molecule has 0 aliphatic carbocycles. The van der Waals surface area contributed by atoms with Crippen molar-refractivity contribution in [1.82, 2.24) is 5.32 Å². The van der Waals surface area contributed by atoms with Crippen LogP contribution >= 0.6 is 0 Å². The zero-order valence-electron chi connectivity index (χ0n) is 46.3. The van der Waals surface area contributed by atoms with Crippen molar-refractivity contribution < 1.29 is 24.5 Å². The van der Waals surface area contributed by atoms with Crippen molar-refractivity contribution in [2.24, 2.45) is 0 Å². The number of rotatable bonds is 57. The molecule has 0 spiro atoms. The predicted molar refractivity (Wildman–Crippen MR) is 301 cm³/mol. The van der Waals surface area contributed by atoms with E-state index in [1.165, 1.54) is 250 Å². The smallest absolute Gasteiger partial charge is 0.305 e. The maximum Gasteiger partial charge on any atom is 0.305 e. The Labute approximate surface area is 430 Å². The minimum Gasteiger partial charge on any atom is -0.466 e. The first-order valence-electron chi connectivity index (χ1n) is 30.8. The standard InChI is InChI=1S/C63H119NO5/c1-3-5-7-9-11-13-15-17-19-25-28-31-35-39-43-47-51-55-61(66)60(59-65)64-62(67)56-52-48-44-40-36-32-29-26-23-21-20-22-24-27-30-34-38-42-46-50-54-58-69-63(68)57-53-49-45-41-37-33-18-16-14-12-10-8-6-4-2/h10,12,16,18,51,55,60-61,65-66H,3-9,11,13-15,17,19-50,52-54,56-59H2,1-2H3,(H,64,67)/b12-10-,18-16-,55-51+. The largest absolute Gasteiger partial charge is 0.466 e. The number of carbonyl (C=O) groups is 2. The number of esters is 1. The number of aliphatic hydroxyl groups is 2. The van der Waals surface area contributed by atoms with Gasteiger partial charge in [0.25, 0.3) is 0 Å². The maximum absolute atomic E-state index is 12.5. The van der Waals surface area contributed by atoms with Crippen molar-refractivity contribution in [2.75, 3.05) is 13.2 Å². The van der Waals surface area contributed by atoms with Gasteiger partial charge in [0.05, 0.1) is 25.4 Å². The fourth-order valence-corrected chi connectivity index (χ4v) is 9.42. The van der Waals surface area contributed by atoms with Gasteiger partial charge in [-0.15, -0.1) is 0 Å². The Bertz CT molecular complexity index is 1120. The van der Waals surface area contributed by atoms with Crippen molar-refractivity contribution in [2.45, 2.75) is 341 Å². The molecule has 69 heavy (non-hydrogen) atoms. The number of ether oxygens (including phenoxy) is 1. The van der Waals surface area contributed by atoms with E-state index < -0.39 is 12.1 Å². The number of unbranched alkanes of at least 4 members (excludes halogenated alkanes) is 42. The van der Waals surface area contributed by atoms with Gasteiger partial charge in [-0.1, -0.05) is 294 Å². The van der Waals surface area contributed by atoms with Crippen molar-refractivity contribution in [3.05, 3.63) is 36.5 Å². The van der Waals surface area contributed by atoms with E-state index in [4.69, 9.17) is 4.74 Å². The summed E-state index contributed by atoms with van der Waals surface area (Å²) in [5, 5.41) is 23.2. The molecule has 0 aromatic carbocycles. The van der Waals surface area contributed by atoms with Crippen molar-refractivity contribution in [3.63, 3.8) is 0 Å². The molecule has 2 atom stereocenters. The van der Waals surface area contributed by atoms with E-state index >= 15 is 0 Å². The van der Waals surface area contributed by atoms with Gasteiger partial charge in [-0.05, 0) is 57.8 Å². The lowest BCUT2D eigenvalue weighted by molar-refractivity contribution is -0.143. The summed E-state index contributed by atoms with van der Waals surface area (Å²) in [5.74, 6) is -0.0707. The average Bonchev–Trinajstić information content (AvgIpc) is 3.35. The molecule has 0 aliphatic heterocycles. The minimum absolute atomic E-state index is 0.00323. The van der Waals surface area contributed by atoms with E-state index in [1.54, 1.807) is 6.08 Å². The summed E-state index contributed by atoms with van der Waals surface area (Å²) in [6, 6.07) is -0.629. The Morgan fingerprint density at radius 1 is 0.406 bits per heavy atom. The number of aliphatic hydroxyl groups excluding tert-OH is 2. The van der Waals surface area contributed by atoms with Crippen LogP contribution in [-0.4, -0.2) is 47.4 Å². The van der Waals surface area contributed by atoms with E-state index in [-0.39, 0.29) is 18.5 Å². The van der Waals surface area contributed by atoms with Crippen LogP contribution in [-0.2, 0) is 14.3 Å². The van der Waals surface area contributed by atoms with Crippen LogP contribution in [0.2, 0.25) is 0 Å². The number of hydrogen-bond acceptors (Lipinski definition) is 5. The maximum atomic E-state index is 12.5. The van der Waals surface area contributed by atoms with Gasteiger partial charge < -0.3 is 20.3 Å². The second-order valence-corrected chi connectivity index (χ2v) is 21.0. The first kappa shape index (κ1) is 67.1. The lowest BCUT2D eigenvalue weighted by atomic mass is 10.0. The number of nitrogens with one attached hydrogen (secondary N) is 1. The molecule has 1 amide bonds. The molecule has 0 aromatic rings. The van der Waals surface area contributed by atoms with Crippen LogP contribution in [0.5, 0.6) is 0 Å². The van der Waals surface area contributed by atoms with Crippen LogP contribution in [0.15, 0.2) is 36.5 Å². The SMILES string of the molecule is CCCC/C=C\C/C=C\CCCCCCCC(=O)OCCCCCCCCCCCCCCCCCCCCCCCC(=O)NC(CO)C(O)/C=C/CCCCCCCCCCCCCCCCC. The Morgan fingerprint density at radius 3 is 1.14 bits per heavy atom. The number of amides is 1. The van der Waals surface area contributed by atoms with Crippen LogP contribution in [0.3, 0.4) is 0 Å². The fourth-order valence-electron chi connectivity index (χ4n) is 9.42. The summed E-state index contributed by atoms with van der Waals surface area (Å²) < 4.78 is 5.47. The van der Waals surface area contributed by atoms with Gasteiger partial charge in [0, 0.05) is 12.8 Å². The van der Waals surface area contributed by atoms with Crippen LogP contribution in [0, 0.1) is 0 Å². The third kappa shape index (κ3) is 55.2. The second kappa shape index (κ2) is 58.6. The monoisotopic (exact) mass is 970 g/mol. The molecule has 0 bridgehead atoms. The summed E-state index contributed by atoms with van der Waals surface area (Å²) >= 11 is 0. The van der Waals surface area contributed by atoms with E-state index in [9.17, 15) is 19.8 Å². The second-order valence-electron chi connectivity index (χ2n) is 21.0. The number of allylic oxidation sites excluding steroid dienone is 5. The molecule has 2 unspecified atom stereocenters. The Kier molecular flexibility index (Phi) is 57.0. The highest BCUT2D eigenvalue weighted by Crippen LogP contribution is 2.17. The van der Waals surface area contributed by atoms with Gasteiger partial charge in [0.1, 0.15) is 0 Å². The molecule has 406 valence electrons. The summed E-state index contributed by atoms with van der Waals surface area (Å²) in [5.41, 5.74) is 0. The third-order valence-corrected chi connectivity index (χ3v) is 14.2. The third-order valence-electron chi connectivity index (χ3n) is 14.2. The highest BCUT2D eigenvalue weighted by atomic mass is 16.5. The summed E-state index contributed by atoms with van der Waals surface area (Å²) in [6.07, 6.45) is 73.2. The molecule has 6 nitrogen and oxygen atoms in total. The van der Waals surface area contributed by atoms with E-state index in [1.807, 2.05) is 6.08 Å². The van der Waals surface area contributed by atoms with Crippen LogP contribution < -0.4 is 5.32 Å². The fraction of sp³-hybridized carbons (Fsp3) is 0.873. The van der Waals surface area contributed by atoms with Gasteiger partial charge in [-0.3, -0.25) is 9.59 Å². The molecule has 3 N–H and O–H groups in total. The molecular weight excluding hydrogens is 851 g/mol. The molecule has 0 saturated heterocycles. The van der Waals surface area contributed by atoms with Crippen molar-refractivity contribution >= 4 is 11.9 Å². The Morgan fingerprint density at radius 2 is 0.739 bits per heavy atom. The Balaban J connectivity index is 3.42. The summed E-state index contributed by atoms with van der Waals surface area (Å²) in [7, 11) is 0. The van der Waals surface area contributed by atoms with E-state index in [0.717, 1.165) is 51.4 Å². The predicted octanol–water partition coefficient (Wildman–Crippen LogP) is 19.2. The topological polar surface area (TPSA) is 95.9 Å². The lowest BCUT2D eigenvalue weighted by Crippen LogP contribution is -2.45. The molecular formula is C63H119NO5. The molecule has 0 saturated carbocycles. The van der Waals surface area contributed by atoms with Crippen LogP contribution in [0.25, 0.3) is 0 Å². The van der Waals surface area contributed by atoms with Gasteiger partial charge in [-0.25, -0.2) is 0 Å². The molecule has 0 aromatic heterocycles.